The van der Waals surface area contributed by atoms with E-state index in [0.29, 0.717) is 5.92 Å². The summed E-state index contributed by atoms with van der Waals surface area (Å²) in [5, 5.41) is 12.8. The maximum absolute atomic E-state index is 11.4. The lowest BCUT2D eigenvalue weighted by atomic mass is 10.1. The second kappa shape index (κ2) is 4.38. The van der Waals surface area contributed by atoms with Crippen LogP contribution >= 0.6 is 0 Å². The molecule has 1 heterocycles. The van der Waals surface area contributed by atoms with Crippen molar-refractivity contribution in [2.45, 2.75) is 50.7 Å². The van der Waals surface area contributed by atoms with E-state index in [1.165, 1.54) is 0 Å². The summed E-state index contributed by atoms with van der Waals surface area (Å²) in [7, 11) is -3.77. The Bertz CT molecular complexity index is 502. The summed E-state index contributed by atoms with van der Waals surface area (Å²) in [6.07, 6.45) is 3.68. The van der Waals surface area contributed by atoms with Crippen LogP contribution in [0.2, 0.25) is 0 Å². The molecule has 0 bridgehead atoms. The van der Waals surface area contributed by atoms with Gasteiger partial charge in [0.2, 0.25) is 0 Å². The molecule has 7 heteroatoms. The number of sulfonamides is 1. The van der Waals surface area contributed by atoms with Crippen LogP contribution < -0.4 is 5.14 Å². The number of nitrogens with zero attached hydrogens (tertiary/aromatic N) is 3. The van der Waals surface area contributed by atoms with Gasteiger partial charge in [-0.2, -0.15) is 0 Å². The first kappa shape index (κ1) is 12.5. The molecule has 0 aromatic carbocycles. The van der Waals surface area contributed by atoms with Gasteiger partial charge in [0.05, 0.1) is 0 Å². The molecule has 96 valence electrons. The quantitative estimate of drug-likeness (QED) is 0.847. The van der Waals surface area contributed by atoms with Crippen LogP contribution in [0, 0.1) is 5.92 Å². The largest absolute Gasteiger partial charge is 0.298 e. The molecule has 1 aliphatic rings. The Morgan fingerprint density at radius 3 is 2.53 bits per heavy atom. The van der Waals surface area contributed by atoms with E-state index in [1.54, 1.807) is 4.57 Å². The molecule has 6 nitrogen and oxygen atoms in total. The van der Waals surface area contributed by atoms with Crippen molar-refractivity contribution in [3.63, 3.8) is 0 Å². The molecule has 1 saturated carbocycles. The van der Waals surface area contributed by atoms with Crippen molar-refractivity contribution in [2.75, 3.05) is 0 Å². The van der Waals surface area contributed by atoms with Crippen LogP contribution in [-0.2, 0) is 16.4 Å². The van der Waals surface area contributed by atoms with Gasteiger partial charge in [-0.3, -0.25) is 4.57 Å². The lowest BCUT2D eigenvalue weighted by Gasteiger charge is -2.08. The van der Waals surface area contributed by atoms with Crippen molar-refractivity contribution in [3.8, 4) is 0 Å². The molecule has 0 aliphatic heterocycles. The van der Waals surface area contributed by atoms with Crippen LogP contribution in [0.3, 0.4) is 0 Å². The lowest BCUT2D eigenvalue weighted by molar-refractivity contribution is 0.533. The average Bonchev–Trinajstić information content (AvgIpc) is 2.93. The van der Waals surface area contributed by atoms with Crippen LogP contribution in [-0.4, -0.2) is 23.2 Å². The Morgan fingerprint density at radius 1 is 1.41 bits per heavy atom. The summed E-state index contributed by atoms with van der Waals surface area (Å²) in [5.74, 6) is 1.29. The third-order valence-electron chi connectivity index (χ3n) is 2.85. The van der Waals surface area contributed by atoms with E-state index >= 15 is 0 Å². The fraction of sp³-hybridized carbons (Fsp3) is 0.800. The molecule has 1 aliphatic carbocycles. The van der Waals surface area contributed by atoms with Crippen molar-refractivity contribution in [1.29, 1.82) is 0 Å². The number of rotatable bonds is 5. The first-order valence-electron chi connectivity index (χ1n) is 5.86. The maximum atomic E-state index is 11.4. The molecule has 0 spiro atoms. The molecule has 1 aromatic rings. The topological polar surface area (TPSA) is 90.9 Å². The van der Waals surface area contributed by atoms with E-state index in [2.05, 4.69) is 24.0 Å². The van der Waals surface area contributed by atoms with Crippen molar-refractivity contribution < 1.29 is 8.42 Å². The number of nitrogens with two attached hydrogens (primary N) is 1. The van der Waals surface area contributed by atoms with Crippen LogP contribution in [0.4, 0.5) is 0 Å². The van der Waals surface area contributed by atoms with E-state index in [1.807, 2.05) is 0 Å². The van der Waals surface area contributed by atoms with Gasteiger partial charge in [0.1, 0.15) is 5.82 Å². The highest BCUT2D eigenvalue weighted by Crippen LogP contribution is 2.37. The van der Waals surface area contributed by atoms with Crippen molar-refractivity contribution in [3.05, 3.63) is 5.82 Å². The van der Waals surface area contributed by atoms with E-state index in [9.17, 15) is 8.42 Å². The van der Waals surface area contributed by atoms with Gasteiger partial charge in [0.25, 0.3) is 15.2 Å². The maximum Gasteiger partial charge on any atom is 0.273 e. The summed E-state index contributed by atoms with van der Waals surface area (Å²) in [5.41, 5.74) is 0. The average molecular weight is 258 g/mol. The normalized spacial score (nSPS) is 16.7. The summed E-state index contributed by atoms with van der Waals surface area (Å²) in [6, 6.07) is 0.223. The zero-order chi connectivity index (χ0) is 12.6. The highest BCUT2D eigenvalue weighted by Gasteiger charge is 2.32. The number of hydrogen-bond acceptors (Lipinski definition) is 4. The monoisotopic (exact) mass is 258 g/mol. The smallest absolute Gasteiger partial charge is 0.273 e. The first-order chi connectivity index (χ1) is 7.89. The highest BCUT2D eigenvalue weighted by molar-refractivity contribution is 7.89. The van der Waals surface area contributed by atoms with E-state index < -0.39 is 10.0 Å². The SMILES string of the molecule is CC(C)CCc1nnc(S(N)(=O)=O)n1C1CC1. The Labute approximate surface area is 101 Å². The lowest BCUT2D eigenvalue weighted by Crippen LogP contribution is -2.19. The van der Waals surface area contributed by atoms with Gasteiger partial charge in [0.15, 0.2) is 0 Å². The van der Waals surface area contributed by atoms with E-state index in [0.717, 1.165) is 31.5 Å². The predicted molar refractivity (Wildman–Crippen MR) is 62.8 cm³/mol. The molecule has 1 fully saturated rings. The number of aromatic nitrogens is 3. The Balaban J connectivity index is 2.30. The third kappa shape index (κ3) is 2.84. The zero-order valence-corrected chi connectivity index (χ0v) is 10.9. The summed E-state index contributed by atoms with van der Waals surface area (Å²) in [4.78, 5) is 0. The molecule has 0 amide bonds. The summed E-state index contributed by atoms with van der Waals surface area (Å²) < 4.78 is 24.5. The van der Waals surface area contributed by atoms with Gasteiger partial charge in [-0.1, -0.05) is 13.8 Å². The second-order valence-corrected chi connectivity index (χ2v) is 6.43. The third-order valence-corrected chi connectivity index (χ3v) is 3.63. The van der Waals surface area contributed by atoms with Gasteiger partial charge >= 0.3 is 0 Å². The van der Waals surface area contributed by atoms with Crippen molar-refractivity contribution in [1.82, 2.24) is 14.8 Å². The first-order valence-corrected chi connectivity index (χ1v) is 7.41. The van der Waals surface area contributed by atoms with Gasteiger partial charge in [-0.25, -0.2) is 13.6 Å². The minimum absolute atomic E-state index is 0.0845. The van der Waals surface area contributed by atoms with Crippen LogP contribution in [0.25, 0.3) is 0 Å². The Morgan fingerprint density at radius 2 is 2.06 bits per heavy atom. The number of primary sulfonamides is 1. The molecular weight excluding hydrogens is 240 g/mol. The fourth-order valence-corrected chi connectivity index (χ4v) is 2.47. The molecule has 0 unspecified atom stereocenters. The number of hydrogen-bond donors (Lipinski definition) is 1. The fourth-order valence-electron chi connectivity index (χ4n) is 1.79. The van der Waals surface area contributed by atoms with E-state index in [4.69, 9.17) is 5.14 Å². The second-order valence-electron chi connectivity index (χ2n) is 4.98. The molecular formula is C10H18N4O2S. The predicted octanol–water partition coefficient (Wildman–Crippen LogP) is 0.849. The molecule has 2 rings (SSSR count). The summed E-state index contributed by atoms with van der Waals surface area (Å²) >= 11 is 0. The molecule has 0 saturated heterocycles. The van der Waals surface area contributed by atoms with Crippen LogP contribution in [0.5, 0.6) is 0 Å². The zero-order valence-electron chi connectivity index (χ0n) is 10.1. The van der Waals surface area contributed by atoms with Gasteiger partial charge in [-0.05, 0) is 25.2 Å². The molecule has 0 radical (unpaired) electrons. The number of aryl methyl sites for hydroxylation is 1. The Kier molecular flexibility index (Phi) is 3.22. The van der Waals surface area contributed by atoms with Gasteiger partial charge in [0, 0.05) is 12.5 Å². The minimum Gasteiger partial charge on any atom is -0.298 e. The standard InChI is InChI=1S/C10H18N4O2S/c1-7(2)3-6-9-12-13-10(17(11,15)16)14(9)8-4-5-8/h7-8H,3-6H2,1-2H3,(H2,11,15,16). The summed E-state index contributed by atoms with van der Waals surface area (Å²) in [6.45, 7) is 4.25. The van der Waals surface area contributed by atoms with Crippen LogP contribution in [0.1, 0.15) is 45.0 Å². The van der Waals surface area contributed by atoms with Crippen molar-refractivity contribution >= 4 is 10.0 Å². The molecule has 2 N–H and O–H groups in total. The molecule has 1 aromatic heterocycles. The van der Waals surface area contributed by atoms with Crippen molar-refractivity contribution in [2.24, 2.45) is 11.1 Å². The molecule has 0 atom stereocenters. The van der Waals surface area contributed by atoms with E-state index in [-0.39, 0.29) is 11.2 Å². The van der Waals surface area contributed by atoms with Crippen LogP contribution in [0.15, 0.2) is 5.16 Å². The Hall–Kier alpha value is -0.950. The minimum atomic E-state index is -3.77. The molecule has 17 heavy (non-hydrogen) atoms. The highest BCUT2D eigenvalue weighted by atomic mass is 32.2. The van der Waals surface area contributed by atoms with Gasteiger partial charge < -0.3 is 0 Å². The van der Waals surface area contributed by atoms with Gasteiger partial charge in [-0.15, -0.1) is 10.2 Å².